The molecule has 1 aliphatic carbocycles. The molecule has 3 rings (SSSR count). The topological polar surface area (TPSA) is 96.5 Å². The van der Waals surface area contributed by atoms with Gasteiger partial charge in [0.05, 0.1) is 6.61 Å². The number of aromatic nitrogens is 2. The van der Waals surface area contributed by atoms with Crippen LogP contribution < -0.4 is 10.6 Å². The van der Waals surface area contributed by atoms with Crippen LogP contribution in [0.25, 0.3) is 0 Å². The molecule has 0 radical (unpaired) electrons. The normalized spacial score (nSPS) is 17.9. The van der Waals surface area contributed by atoms with Gasteiger partial charge in [0, 0.05) is 30.9 Å². The number of hydrogen-bond donors (Lipinski definition) is 2. The highest BCUT2D eigenvalue weighted by Crippen LogP contribution is 2.23. The Kier molecular flexibility index (Phi) is 5.35. The minimum atomic E-state index is -0.283. The first-order valence-electron chi connectivity index (χ1n) is 8.90. The largest absolute Gasteiger partial charge is 0.450 e. The van der Waals surface area contributed by atoms with E-state index in [4.69, 9.17) is 4.74 Å². The van der Waals surface area contributed by atoms with Crippen molar-refractivity contribution in [1.29, 1.82) is 0 Å². The summed E-state index contributed by atoms with van der Waals surface area (Å²) >= 11 is 0. The number of amides is 2. The van der Waals surface area contributed by atoms with E-state index in [2.05, 4.69) is 20.6 Å². The van der Waals surface area contributed by atoms with Crippen molar-refractivity contribution >= 4 is 17.9 Å². The van der Waals surface area contributed by atoms with E-state index in [0.717, 1.165) is 18.5 Å². The fourth-order valence-electron chi connectivity index (χ4n) is 2.84. The Morgan fingerprint density at radius 2 is 1.92 bits per heavy atom. The predicted molar refractivity (Wildman–Crippen MR) is 92.5 cm³/mol. The van der Waals surface area contributed by atoms with Crippen LogP contribution in [0.15, 0.2) is 6.07 Å². The number of nitrogens with one attached hydrogen (secondary N) is 2. The lowest BCUT2D eigenvalue weighted by molar-refractivity contribution is 0.0856. The lowest BCUT2D eigenvalue weighted by atomic mass is 10.1. The monoisotopic (exact) mass is 347 g/mol. The highest BCUT2D eigenvalue weighted by atomic mass is 16.6. The highest BCUT2D eigenvalue weighted by molar-refractivity contribution is 5.92. The Balaban J connectivity index is 1.54. The van der Waals surface area contributed by atoms with E-state index in [-0.39, 0.29) is 18.0 Å². The fourth-order valence-corrected chi connectivity index (χ4v) is 2.84. The lowest BCUT2D eigenvalue weighted by Crippen LogP contribution is -2.46. The van der Waals surface area contributed by atoms with Crippen LogP contribution in [-0.2, 0) is 4.74 Å². The molecule has 1 aromatic rings. The molecule has 1 saturated heterocycles. The van der Waals surface area contributed by atoms with Crippen LogP contribution >= 0.6 is 0 Å². The van der Waals surface area contributed by atoms with E-state index in [1.807, 2.05) is 6.92 Å². The second-order valence-corrected chi connectivity index (χ2v) is 6.57. The number of carbonyl (C=O) groups is 2. The lowest BCUT2D eigenvalue weighted by Gasteiger charge is -2.31. The number of hydrogen-bond acceptors (Lipinski definition) is 6. The quantitative estimate of drug-likeness (QED) is 0.842. The van der Waals surface area contributed by atoms with E-state index in [1.54, 1.807) is 17.9 Å². The minimum Gasteiger partial charge on any atom is -0.450 e. The number of nitrogens with zero attached hydrogens (tertiary/aromatic N) is 3. The predicted octanol–water partition coefficient (Wildman–Crippen LogP) is 1.71. The summed E-state index contributed by atoms with van der Waals surface area (Å²) in [6, 6.07) is 2.17. The zero-order valence-electron chi connectivity index (χ0n) is 14.7. The van der Waals surface area contributed by atoms with Crippen molar-refractivity contribution in [3.8, 4) is 0 Å². The summed E-state index contributed by atoms with van der Waals surface area (Å²) < 4.78 is 5.01. The Morgan fingerprint density at radius 1 is 1.20 bits per heavy atom. The maximum atomic E-state index is 12.5. The molecule has 0 unspecified atom stereocenters. The zero-order chi connectivity index (χ0) is 17.8. The molecular formula is C17H25N5O3. The average Bonchev–Trinajstić information content (AvgIpc) is 3.39. The van der Waals surface area contributed by atoms with Crippen LogP contribution in [0, 0.1) is 6.92 Å². The Morgan fingerprint density at radius 3 is 2.56 bits per heavy atom. The number of rotatable bonds is 5. The molecule has 2 heterocycles. The molecule has 0 bridgehead atoms. The maximum Gasteiger partial charge on any atom is 0.409 e. The molecule has 0 spiro atoms. The first kappa shape index (κ1) is 17.4. The third kappa shape index (κ3) is 4.80. The Labute approximate surface area is 147 Å². The van der Waals surface area contributed by atoms with E-state index in [9.17, 15) is 9.59 Å². The van der Waals surface area contributed by atoms with Gasteiger partial charge in [-0.2, -0.15) is 0 Å². The Hall–Kier alpha value is -2.38. The molecule has 0 atom stereocenters. The van der Waals surface area contributed by atoms with Crippen LogP contribution in [0.5, 0.6) is 0 Å². The number of carbonyl (C=O) groups excluding carboxylic acids is 2. The summed E-state index contributed by atoms with van der Waals surface area (Å²) in [7, 11) is 0. The molecule has 1 saturated carbocycles. The molecule has 2 amide bonds. The Bertz CT molecular complexity index is 639. The smallest absolute Gasteiger partial charge is 0.409 e. The number of aryl methyl sites for hydroxylation is 1. The molecule has 25 heavy (non-hydrogen) atoms. The van der Waals surface area contributed by atoms with Crippen molar-refractivity contribution in [2.24, 2.45) is 0 Å². The SMILES string of the molecule is CCOC(=O)N1CCC(NC(=O)c2cc(C)nc(NC3CC3)n2)CC1. The van der Waals surface area contributed by atoms with Gasteiger partial charge in [0.1, 0.15) is 5.69 Å². The molecule has 8 heteroatoms. The number of piperidine rings is 1. The van der Waals surface area contributed by atoms with Crippen LogP contribution in [0.4, 0.5) is 10.7 Å². The molecule has 2 N–H and O–H groups in total. The van der Waals surface area contributed by atoms with Crippen LogP contribution in [0.2, 0.25) is 0 Å². The van der Waals surface area contributed by atoms with Crippen molar-refractivity contribution in [2.75, 3.05) is 25.0 Å². The van der Waals surface area contributed by atoms with Gasteiger partial charge in [-0.15, -0.1) is 0 Å². The maximum absolute atomic E-state index is 12.5. The van der Waals surface area contributed by atoms with Crippen molar-refractivity contribution in [1.82, 2.24) is 20.2 Å². The summed E-state index contributed by atoms with van der Waals surface area (Å²) in [5, 5.41) is 6.24. The molecule has 1 aromatic heterocycles. The van der Waals surface area contributed by atoms with E-state index in [1.165, 1.54) is 0 Å². The van der Waals surface area contributed by atoms with Gasteiger partial charge in [-0.1, -0.05) is 0 Å². The third-order valence-corrected chi connectivity index (χ3v) is 4.35. The van der Waals surface area contributed by atoms with Crippen LogP contribution in [-0.4, -0.2) is 58.6 Å². The number of likely N-dealkylation sites (tertiary alicyclic amines) is 1. The summed E-state index contributed by atoms with van der Waals surface area (Å²) in [5.74, 6) is 0.323. The van der Waals surface area contributed by atoms with Gasteiger partial charge in [0.25, 0.3) is 5.91 Å². The standard InChI is InChI=1S/C17H25N5O3/c1-3-25-17(24)22-8-6-13(7-9-22)19-15(23)14-10-11(2)18-16(21-14)20-12-4-5-12/h10,12-13H,3-9H2,1-2H3,(H,19,23)(H,18,20,21). The summed E-state index contributed by atoms with van der Waals surface area (Å²) in [6.45, 7) is 5.19. The number of ether oxygens (including phenoxy) is 1. The van der Waals surface area contributed by atoms with Gasteiger partial charge in [-0.25, -0.2) is 14.8 Å². The number of anilines is 1. The van der Waals surface area contributed by atoms with Gasteiger partial charge in [-0.05, 0) is 45.6 Å². The molecule has 1 aliphatic heterocycles. The average molecular weight is 347 g/mol. The zero-order valence-corrected chi connectivity index (χ0v) is 14.7. The molecule has 2 aliphatic rings. The van der Waals surface area contributed by atoms with Crippen molar-refractivity contribution in [3.05, 3.63) is 17.5 Å². The van der Waals surface area contributed by atoms with Gasteiger partial charge < -0.3 is 20.3 Å². The fraction of sp³-hybridized carbons (Fsp3) is 0.647. The summed E-state index contributed by atoms with van der Waals surface area (Å²) in [4.78, 5) is 34.5. The van der Waals surface area contributed by atoms with E-state index >= 15 is 0 Å². The van der Waals surface area contributed by atoms with Crippen molar-refractivity contribution in [2.45, 2.75) is 51.6 Å². The van der Waals surface area contributed by atoms with Crippen LogP contribution in [0.1, 0.15) is 48.8 Å². The van der Waals surface area contributed by atoms with Crippen molar-refractivity contribution in [3.63, 3.8) is 0 Å². The first-order valence-corrected chi connectivity index (χ1v) is 8.90. The van der Waals surface area contributed by atoms with Crippen molar-refractivity contribution < 1.29 is 14.3 Å². The van der Waals surface area contributed by atoms with Gasteiger partial charge >= 0.3 is 6.09 Å². The second-order valence-electron chi connectivity index (χ2n) is 6.57. The van der Waals surface area contributed by atoms with Gasteiger partial charge in [-0.3, -0.25) is 4.79 Å². The summed E-state index contributed by atoms with van der Waals surface area (Å²) in [5.41, 5.74) is 1.14. The third-order valence-electron chi connectivity index (χ3n) is 4.35. The molecule has 8 nitrogen and oxygen atoms in total. The molecule has 2 fully saturated rings. The minimum absolute atomic E-state index is 0.0355. The molecule has 0 aromatic carbocycles. The van der Waals surface area contributed by atoms with Gasteiger partial charge in [0.15, 0.2) is 0 Å². The van der Waals surface area contributed by atoms with E-state index in [0.29, 0.717) is 50.2 Å². The highest BCUT2D eigenvalue weighted by Gasteiger charge is 2.26. The molecular weight excluding hydrogens is 322 g/mol. The van der Waals surface area contributed by atoms with Gasteiger partial charge in [0.2, 0.25) is 5.95 Å². The molecule has 136 valence electrons. The van der Waals surface area contributed by atoms with E-state index < -0.39 is 0 Å². The van der Waals surface area contributed by atoms with Crippen LogP contribution in [0.3, 0.4) is 0 Å². The second kappa shape index (κ2) is 7.67. The summed E-state index contributed by atoms with van der Waals surface area (Å²) in [6.07, 6.45) is 3.38. The first-order chi connectivity index (χ1) is 12.0.